The number of nitrogens with one attached hydrogen (secondary N) is 1. The van der Waals surface area contributed by atoms with Crippen molar-refractivity contribution in [3.63, 3.8) is 0 Å². The Bertz CT molecular complexity index is 876. The number of hydrogen-bond donors (Lipinski definition) is 1. The number of likely N-dealkylation sites (tertiary alicyclic amines) is 1. The lowest BCUT2D eigenvalue weighted by Gasteiger charge is -2.32. The number of piperidine rings is 1. The maximum absolute atomic E-state index is 12.5. The van der Waals surface area contributed by atoms with Crippen LogP contribution in [-0.4, -0.2) is 35.4 Å². The summed E-state index contributed by atoms with van der Waals surface area (Å²) < 4.78 is 0. The van der Waals surface area contributed by atoms with Crippen LogP contribution < -0.4 is 5.32 Å². The van der Waals surface area contributed by atoms with E-state index in [4.69, 9.17) is 0 Å². The molecule has 3 heterocycles. The number of amides is 1. The van der Waals surface area contributed by atoms with Crippen molar-refractivity contribution in [2.75, 3.05) is 19.6 Å². The van der Waals surface area contributed by atoms with E-state index in [1.165, 1.54) is 23.3 Å². The fourth-order valence-electron chi connectivity index (χ4n) is 3.68. The Morgan fingerprint density at radius 2 is 2.07 bits per heavy atom. The van der Waals surface area contributed by atoms with Crippen LogP contribution >= 0.6 is 22.7 Å². The number of rotatable bonds is 7. The summed E-state index contributed by atoms with van der Waals surface area (Å²) in [6.07, 6.45) is 3.15. The molecule has 4 rings (SSSR count). The molecule has 0 spiro atoms. The fraction of sp³-hybridized carbons (Fsp3) is 0.364. The molecule has 1 unspecified atom stereocenters. The molecule has 0 radical (unpaired) electrons. The Labute approximate surface area is 174 Å². The zero-order valence-corrected chi connectivity index (χ0v) is 17.5. The van der Waals surface area contributed by atoms with Crippen molar-refractivity contribution in [3.05, 3.63) is 74.4 Å². The number of hydrogen-bond acceptors (Lipinski definition) is 5. The molecule has 6 heteroatoms. The van der Waals surface area contributed by atoms with E-state index in [1.54, 1.807) is 11.3 Å². The third kappa shape index (κ3) is 5.28. The Hall–Kier alpha value is -2.02. The smallest absolute Gasteiger partial charge is 0.270 e. The fourth-order valence-corrected chi connectivity index (χ4v) is 5.23. The van der Waals surface area contributed by atoms with Gasteiger partial charge in [0, 0.05) is 36.3 Å². The van der Waals surface area contributed by atoms with Crippen molar-refractivity contribution in [1.82, 2.24) is 15.2 Å². The molecule has 1 fully saturated rings. The van der Waals surface area contributed by atoms with Crippen LogP contribution in [0, 0.1) is 5.92 Å². The van der Waals surface area contributed by atoms with Crippen LogP contribution in [0.15, 0.2) is 53.2 Å². The summed E-state index contributed by atoms with van der Waals surface area (Å²) in [5, 5.41) is 8.10. The van der Waals surface area contributed by atoms with Gasteiger partial charge < -0.3 is 5.32 Å². The van der Waals surface area contributed by atoms with Gasteiger partial charge in [-0.15, -0.1) is 22.7 Å². The molecule has 1 aliphatic heterocycles. The molecule has 0 aliphatic carbocycles. The van der Waals surface area contributed by atoms with Gasteiger partial charge in [-0.2, -0.15) is 0 Å². The van der Waals surface area contributed by atoms with Crippen LogP contribution in [0.25, 0.3) is 0 Å². The first kappa shape index (κ1) is 19.3. The van der Waals surface area contributed by atoms with Crippen LogP contribution in [0.4, 0.5) is 0 Å². The highest BCUT2D eigenvalue weighted by Gasteiger charge is 2.21. The molecule has 1 aromatic carbocycles. The number of benzene rings is 1. The Kier molecular flexibility index (Phi) is 6.52. The molecule has 1 amide bonds. The van der Waals surface area contributed by atoms with Gasteiger partial charge >= 0.3 is 0 Å². The first-order valence-electron chi connectivity index (χ1n) is 9.77. The average Bonchev–Trinajstić information content (AvgIpc) is 3.39. The van der Waals surface area contributed by atoms with E-state index >= 15 is 0 Å². The van der Waals surface area contributed by atoms with Gasteiger partial charge in [-0.3, -0.25) is 9.69 Å². The second kappa shape index (κ2) is 9.45. The van der Waals surface area contributed by atoms with E-state index < -0.39 is 0 Å². The number of carbonyl (C=O) groups excluding carboxylic acids is 1. The zero-order chi connectivity index (χ0) is 19.2. The number of thiazole rings is 1. The average molecular weight is 412 g/mol. The molecule has 1 N–H and O–H groups in total. The zero-order valence-electron chi connectivity index (χ0n) is 15.8. The van der Waals surface area contributed by atoms with Crippen LogP contribution in [0.1, 0.15) is 38.8 Å². The van der Waals surface area contributed by atoms with Crippen molar-refractivity contribution in [2.45, 2.75) is 25.8 Å². The summed E-state index contributed by atoms with van der Waals surface area (Å²) >= 11 is 3.38. The maximum atomic E-state index is 12.5. The van der Waals surface area contributed by atoms with Gasteiger partial charge in [-0.1, -0.05) is 36.4 Å². The highest BCUT2D eigenvalue weighted by Crippen LogP contribution is 2.20. The molecule has 4 nitrogen and oxygen atoms in total. The molecular formula is C22H25N3OS2. The maximum Gasteiger partial charge on any atom is 0.270 e. The van der Waals surface area contributed by atoms with Gasteiger partial charge in [0.15, 0.2) is 0 Å². The van der Waals surface area contributed by atoms with Gasteiger partial charge in [-0.05, 0) is 42.3 Å². The second-order valence-corrected chi connectivity index (χ2v) is 9.30. The minimum absolute atomic E-state index is 0.0501. The van der Waals surface area contributed by atoms with Crippen molar-refractivity contribution in [3.8, 4) is 0 Å². The predicted octanol–water partition coefficient (Wildman–Crippen LogP) is 4.44. The molecule has 2 aromatic heterocycles. The Balaban J connectivity index is 1.26. The first-order valence-corrected chi connectivity index (χ1v) is 11.5. The summed E-state index contributed by atoms with van der Waals surface area (Å²) in [4.78, 5) is 21.0. The van der Waals surface area contributed by atoms with Gasteiger partial charge in [0.1, 0.15) is 5.69 Å². The molecule has 1 saturated heterocycles. The molecule has 1 atom stereocenters. The minimum atomic E-state index is -0.0501. The standard InChI is InChI=1S/C22H25N3OS2/c26-22(20-16-28-21(24-20)12-17-6-2-1-3-7-17)23-13-18-8-4-10-25(14-18)15-19-9-5-11-27-19/h1-3,5-7,9,11,16,18H,4,8,10,12-15H2,(H,23,26). The summed E-state index contributed by atoms with van der Waals surface area (Å²) in [5.41, 5.74) is 1.76. The minimum Gasteiger partial charge on any atom is -0.350 e. The van der Waals surface area contributed by atoms with Crippen LogP contribution in [0.3, 0.4) is 0 Å². The highest BCUT2D eigenvalue weighted by atomic mass is 32.1. The molecule has 0 saturated carbocycles. The van der Waals surface area contributed by atoms with Crippen molar-refractivity contribution >= 4 is 28.6 Å². The largest absolute Gasteiger partial charge is 0.350 e. The van der Waals surface area contributed by atoms with Crippen LogP contribution in [-0.2, 0) is 13.0 Å². The number of nitrogens with zero attached hydrogens (tertiary/aromatic N) is 2. The molecular weight excluding hydrogens is 386 g/mol. The van der Waals surface area contributed by atoms with Crippen LogP contribution in [0.2, 0.25) is 0 Å². The number of carbonyl (C=O) groups is 1. The molecule has 0 bridgehead atoms. The third-order valence-electron chi connectivity index (χ3n) is 5.10. The van der Waals surface area contributed by atoms with Gasteiger partial charge in [0.05, 0.1) is 5.01 Å². The Morgan fingerprint density at radius 3 is 2.89 bits per heavy atom. The molecule has 1 aliphatic rings. The van der Waals surface area contributed by atoms with E-state index in [2.05, 4.69) is 44.8 Å². The molecule has 146 valence electrons. The quantitative estimate of drug-likeness (QED) is 0.625. The van der Waals surface area contributed by atoms with E-state index in [0.717, 1.165) is 37.6 Å². The lowest BCUT2D eigenvalue weighted by molar-refractivity contribution is 0.0926. The molecule has 3 aromatic rings. The topological polar surface area (TPSA) is 45.2 Å². The molecule has 28 heavy (non-hydrogen) atoms. The predicted molar refractivity (Wildman–Crippen MR) is 116 cm³/mol. The SMILES string of the molecule is O=C(NCC1CCCN(Cc2cccs2)C1)c1csc(Cc2ccccc2)n1. The highest BCUT2D eigenvalue weighted by molar-refractivity contribution is 7.10. The van der Waals surface area contributed by atoms with Crippen molar-refractivity contribution in [2.24, 2.45) is 5.92 Å². The van der Waals surface area contributed by atoms with Gasteiger partial charge in [-0.25, -0.2) is 4.98 Å². The lowest BCUT2D eigenvalue weighted by atomic mass is 9.98. The Morgan fingerprint density at radius 1 is 1.18 bits per heavy atom. The van der Waals surface area contributed by atoms with Gasteiger partial charge in [0.25, 0.3) is 5.91 Å². The van der Waals surface area contributed by atoms with Gasteiger partial charge in [0.2, 0.25) is 0 Å². The summed E-state index contributed by atoms with van der Waals surface area (Å²) in [6.45, 7) is 3.95. The van der Waals surface area contributed by atoms with Crippen LogP contribution in [0.5, 0.6) is 0 Å². The van der Waals surface area contributed by atoms with Crippen molar-refractivity contribution < 1.29 is 4.79 Å². The van der Waals surface area contributed by atoms with Crippen molar-refractivity contribution in [1.29, 1.82) is 0 Å². The summed E-state index contributed by atoms with van der Waals surface area (Å²) in [5.74, 6) is 0.464. The number of thiophene rings is 1. The monoisotopic (exact) mass is 411 g/mol. The van der Waals surface area contributed by atoms with E-state index in [0.29, 0.717) is 11.6 Å². The summed E-state index contributed by atoms with van der Waals surface area (Å²) in [7, 11) is 0. The third-order valence-corrected chi connectivity index (χ3v) is 6.81. The normalized spacial score (nSPS) is 17.5. The first-order chi connectivity index (χ1) is 13.8. The second-order valence-electron chi connectivity index (χ2n) is 7.32. The lowest BCUT2D eigenvalue weighted by Crippen LogP contribution is -2.40. The van der Waals surface area contributed by atoms with E-state index in [-0.39, 0.29) is 5.91 Å². The summed E-state index contributed by atoms with van der Waals surface area (Å²) in [6, 6.07) is 14.6. The van der Waals surface area contributed by atoms with E-state index in [9.17, 15) is 4.79 Å². The van der Waals surface area contributed by atoms with E-state index in [1.807, 2.05) is 34.9 Å². The number of aromatic nitrogens is 1.